The molecule has 1 atom stereocenters. The van der Waals surface area contributed by atoms with Crippen molar-refractivity contribution in [3.05, 3.63) is 23.9 Å². The van der Waals surface area contributed by atoms with Crippen LogP contribution in [-0.4, -0.2) is 23.7 Å². The molecule has 0 spiro atoms. The number of urea groups is 1. The summed E-state index contributed by atoms with van der Waals surface area (Å²) in [6, 6.07) is 2.95. The Morgan fingerprint density at radius 2 is 2.30 bits per heavy atom. The number of aromatic nitrogens is 1. The molecule has 1 saturated carbocycles. The summed E-state index contributed by atoms with van der Waals surface area (Å²) in [7, 11) is 0. The highest BCUT2D eigenvalue weighted by Crippen LogP contribution is 2.34. The Morgan fingerprint density at radius 3 is 3.00 bits per heavy atom. The topological polar surface area (TPSA) is 63.2 Å². The molecule has 2 N–H and O–H groups in total. The Kier molecular flexibility index (Phi) is 5.74. The van der Waals surface area contributed by atoms with Gasteiger partial charge in [-0.1, -0.05) is 20.3 Å². The van der Waals surface area contributed by atoms with Gasteiger partial charge in [0.05, 0.1) is 0 Å². The summed E-state index contributed by atoms with van der Waals surface area (Å²) < 4.78 is 28.5. The molecule has 1 aromatic heterocycles. The van der Waals surface area contributed by atoms with Crippen molar-refractivity contribution >= 4 is 6.03 Å². The van der Waals surface area contributed by atoms with Crippen LogP contribution in [0.25, 0.3) is 0 Å². The van der Waals surface area contributed by atoms with Crippen LogP contribution in [0.4, 0.5) is 13.6 Å². The van der Waals surface area contributed by atoms with Gasteiger partial charge in [0, 0.05) is 24.8 Å². The second-order valence-corrected chi connectivity index (χ2v) is 6.67. The predicted molar refractivity (Wildman–Crippen MR) is 82.3 cm³/mol. The fourth-order valence-electron chi connectivity index (χ4n) is 2.96. The van der Waals surface area contributed by atoms with E-state index >= 15 is 0 Å². The average molecular weight is 327 g/mol. The van der Waals surface area contributed by atoms with E-state index in [1.54, 1.807) is 6.07 Å². The van der Waals surface area contributed by atoms with Crippen LogP contribution in [0.2, 0.25) is 0 Å². The maximum atomic E-state index is 12.1. The van der Waals surface area contributed by atoms with E-state index in [1.807, 2.05) is 0 Å². The van der Waals surface area contributed by atoms with Crippen molar-refractivity contribution in [2.45, 2.75) is 58.7 Å². The number of halogens is 2. The van der Waals surface area contributed by atoms with Gasteiger partial charge < -0.3 is 15.4 Å². The maximum Gasteiger partial charge on any atom is 0.388 e. The summed E-state index contributed by atoms with van der Waals surface area (Å²) in [6.07, 6.45) is 5.60. The van der Waals surface area contributed by atoms with E-state index in [2.05, 4.69) is 34.2 Å². The molecule has 5 nitrogen and oxygen atoms in total. The predicted octanol–water partition coefficient (Wildman–Crippen LogP) is 3.45. The van der Waals surface area contributed by atoms with Crippen LogP contribution in [0.1, 0.15) is 45.1 Å². The highest BCUT2D eigenvalue weighted by Gasteiger charge is 2.28. The number of carbonyl (C=O) groups is 1. The van der Waals surface area contributed by atoms with E-state index in [0.29, 0.717) is 5.56 Å². The fourth-order valence-corrected chi connectivity index (χ4v) is 2.96. The van der Waals surface area contributed by atoms with Crippen LogP contribution >= 0.6 is 0 Å². The molecule has 0 unspecified atom stereocenters. The lowest BCUT2D eigenvalue weighted by atomic mass is 9.75. The largest absolute Gasteiger partial charge is 0.417 e. The van der Waals surface area contributed by atoms with E-state index in [0.717, 1.165) is 19.3 Å². The SMILES string of the molecule is CC1(C)CCC[C@@H](NC(=O)NCc2ccnc(OC(F)F)c2)C1. The first-order valence-corrected chi connectivity index (χ1v) is 7.78. The van der Waals surface area contributed by atoms with Gasteiger partial charge in [0.25, 0.3) is 0 Å². The van der Waals surface area contributed by atoms with Gasteiger partial charge in [-0.3, -0.25) is 0 Å². The zero-order chi connectivity index (χ0) is 16.9. The molecule has 1 aliphatic rings. The van der Waals surface area contributed by atoms with Gasteiger partial charge in [0.15, 0.2) is 0 Å². The smallest absolute Gasteiger partial charge is 0.388 e. The van der Waals surface area contributed by atoms with Crippen LogP contribution in [-0.2, 0) is 6.54 Å². The molecule has 1 heterocycles. The molecule has 2 amide bonds. The molecule has 7 heteroatoms. The van der Waals surface area contributed by atoms with Crippen LogP contribution in [0.5, 0.6) is 5.88 Å². The number of pyridine rings is 1. The number of nitrogens with one attached hydrogen (secondary N) is 2. The van der Waals surface area contributed by atoms with Gasteiger partial charge in [0.2, 0.25) is 5.88 Å². The minimum atomic E-state index is -2.91. The number of carbonyl (C=O) groups excluding carboxylic acids is 1. The first-order chi connectivity index (χ1) is 10.8. The standard InChI is InChI=1S/C16H23F2N3O2/c1-16(2)6-3-4-12(9-16)21-15(22)20-10-11-5-7-19-13(8-11)23-14(17)18/h5,7-8,12,14H,3-4,6,9-10H2,1-2H3,(H2,20,21,22)/t12-/m1/s1. The number of rotatable bonds is 5. The molecule has 2 rings (SSSR count). The molecular weight excluding hydrogens is 304 g/mol. The Bertz CT molecular complexity index is 538. The van der Waals surface area contributed by atoms with Crippen molar-refractivity contribution in [3.8, 4) is 5.88 Å². The average Bonchev–Trinajstić information content (AvgIpc) is 2.44. The van der Waals surface area contributed by atoms with Crippen molar-refractivity contribution < 1.29 is 18.3 Å². The number of nitrogens with zero attached hydrogens (tertiary/aromatic N) is 1. The van der Waals surface area contributed by atoms with Crippen LogP contribution in [0.15, 0.2) is 18.3 Å². The molecule has 1 aromatic rings. The number of amides is 2. The minimum Gasteiger partial charge on any atom is -0.417 e. The Labute approximate surface area is 134 Å². The molecule has 0 radical (unpaired) electrons. The quantitative estimate of drug-likeness (QED) is 0.870. The first-order valence-electron chi connectivity index (χ1n) is 7.78. The number of hydrogen-bond acceptors (Lipinski definition) is 3. The van der Waals surface area contributed by atoms with Gasteiger partial charge in [-0.2, -0.15) is 8.78 Å². The zero-order valence-corrected chi connectivity index (χ0v) is 13.4. The molecule has 0 bridgehead atoms. The third-order valence-corrected chi connectivity index (χ3v) is 4.00. The lowest BCUT2D eigenvalue weighted by Crippen LogP contribution is -2.45. The second kappa shape index (κ2) is 7.57. The number of ether oxygens (including phenoxy) is 1. The molecule has 128 valence electrons. The van der Waals surface area contributed by atoms with Crippen molar-refractivity contribution in [2.75, 3.05) is 0 Å². The summed E-state index contributed by atoms with van der Waals surface area (Å²) in [5.41, 5.74) is 0.901. The molecular formula is C16H23F2N3O2. The molecule has 0 aromatic carbocycles. The molecule has 0 saturated heterocycles. The van der Waals surface area contributed by atoms with E-state index in [9.17, 15) is 13.6 Å². The van der Waals surface area contributed by atoms with Crippen molar-refractivity contribution in [2.24, 2.45) is 5.41 Å². The minimum absolute atomic E-state index is 0.159. The van der Waals surface area contributed by atoms with Crippen molar-refractivity contribution in [1.82, 2.24) is 15.6 Å². The van der Waals surface area contributed by atoms with Crippen molar-refractivity contribution in [1.29, 1.82) is 0 Å². The monoisotopic (exact) mass is 327 g/mol. The fraction of sp³-hybridized carbons (Fsp3) is 0.625. The molecule has 1 aliphatic carbocycles. The molecule has 0 aliphatic heterocycles. The summed E-state index contributed by atoms with van der Waals surface area (Å²) >= 11 is 0. The molecule has 1 fully saturated rings. The Hall–Kier alpha value is -1.92. The first kappa shape index (κ1) is 17.4. The zero-order valence-electron chi connectivity index (χ0n) is 13.4. The third-order valence-electron chi connectivity index (χ3n) is 4.00. The molecule has 23 heavy (non-hydrogen) atoms. The van der Waals surface area contributed by atoms with E-state index in [4.69, 9.17) is 0 Å². The van der Waals surface area contributed by atoms with Crippen LogP contribution in [0.3, 0.4) is 0 Å². The maximum absolute atomic E-state index is 12.1. The lowest BCUT2D eigenvalue weighted by molar-refractivity contribution is -0.0529. The van der Waals surface area contributed by atoms with Gasteiger partial charge in [-0.15, -0.1) is 0 Å². The highest BCUT2D eigenvalue weighted by atomic mass is 19.3. The summed E-state index contributed by atoms with van der Waals surface area (Å²) in [4.78, 5) is 15.7. The third kappa shape index (κ3) is 6.00. The lowest BCUT2D eigenvalue weighted by Gasteiger charge is -2.35. The Morgan fingerprint density at radius 1 is 1.52 bits per heavy atom. The van der Waals surface area contributed by atoms with Gasteiger partial charge in [-0.25, -0.2) is 9.78 Å². The van der Waals surface area contributed by atoms with Gasteiger partial charge in [-0.05, 0) is 36.3 Å². The summed E-state index contributed by atoms with van der Waals surface area (Å²) in [6.45, 7) is 1.73. The number of hydrogen-bond donors (Lipinski definition) is 2. The van der Waals surface area contributed by atoms with E-state index in [-0.39, 0.29) is 29.9 Å². The van der Waals surface area contributed by atoms with E-state index < -0.39 is 6.61 Å². The second-order valence-electron chi connectivity index (χ2n) is 6.67. The number of alkyl halides is 2. The highest BCUT2D eigenvalue weighted by molar-refractivity contribution is 5.74. The van der Waals surface area contributed by atoms with Gasteiger partial charge >= 0.3 is 12.6 Å². The van der Waals surface area contributed by atoms with Crippen LogP contribution in [0, 0.1) is 5.41 Å². The van der Waals surface area contributed by atoms with Gasteiger partial charge in [0.1, 0.15) is 0 Å². The summed E-state index contributed by atoms with van der Waals surface area (Å²) in [5.74, 6) is -0.159. The summed E-state index contributed by atoms with van der Waals surface area (Å²) in [5, 5.41) is 5.71. The van der Waals surface area contributed by atoms with Crippen molar-refractivity contribution in [3.63, 3.8) is 0 Å². The normalized spacial score (nSPS) is 20.1. The Balaban J connectivity index is 1.80. The van der Waals surface area contributed by atoms with Crippen LogP contribution < -0.4 is 15.4 Å². The van der Waals surface area contributed by atoms with E-state index in [1.165, 1.54) is 18.7 Å².